The lowest BCUT2D eigenvalue weighted by atomic mass is 10.2. The Labute approximate surface area is 98.4 Å². The van der Waals surface area contributed by atoms with E-state index in [1.54, 1.807) is 0 Å². The highest BCUT2D eigenvalue weighted by Gasteiger charge is 2.03. The van der Waals surface area contributed by atoms with Crippen molar-refractivity contribution in [1.29, 1.82) is 0 Å². The van der Waals surface area contributed by atoms with Crippen LogP contribution in [0.4, 0.5) is 0 Å². The molecule has 0 aromatic heterocycles. The maximum absolute atomic E-state index is 10.3. The average molecular weight is 231 g/mol. The molecule has 1 atom stereocenters. The monoisotopic (exact) mass is 231 g/mol. The van der Waals surface area contributed by atoms with Crippen molar-refractivity contribution in [2.45, 2.75) is 58.6 Å². The fraction of sp³-hybridized carbons (Fsp3) is 0.917. The van der Waals surface area contributed by atoms with Crippen LogP contribution in [0.3, 0.4) is 0 Å². The summed E-state index contributed by atoms with van der Waals surface area (Å²) in [6, 6.07) is 0.280. The van der Waals surface area contributed by atoms with Gasteiger partial charge in [0.1, 0.15) is 0 Å². The van der Waals surface area contributed by atoms with Gasteiger partial charge in [0.25, 0.3) is 0 Å². The van der Waals surface area contributed by atoms with Crippen molar-refractivity contribution in [3.05, 3.63) is 0 Å². The highest BCUT2D eigenvalue weighted by molar-refractivity contribution is 5.66. The minimum absolute atomic E-state index is 0.241. The molecule has 2 N–H and O–H groups in total. The molecule has 0 rings (SSSR count). The van der Waals surface area contributed by atoms with E-state index in [0.29, 0.717) is 12.5 Å². The molecule has 0 amide bonds. The van der Waals surface area contributed by atoms with Crippen LogP contribution in [-0.4, -0.2) is 36.4 Å². The number of rotatable bonds is 10. The number of carboxylic acid groups (broad SMARTS) is 1. The lowest BCUT2D eigenvalue weighted by molar-refractivity contribution is -0.137. The molecule has 0 saturated carbocycles. The molecule has 16 heavy (non-hydrogen) atoms. The maximum Gasteiger partial charge on any atom is 0.303 e. The number of carboxylic acids is 1. The van der Waals surface area contributed by atoms with Gasteiger partial charge in [-0.25, -0.2) is 0 Å². The summed E-state index contributed by atoms with van der Waals surface area (Å²) >= 11 is 0. The highest BCUT2D eigenvalue weighted by atomic mass is 16.5. The SMILES string of the molecule is CC(CCC(=O)O)NCCCCOC(C)C. The van der Waals surface area contributed by atoms with E-state index in [1.807, 2.05) is 20.8 Å². The van der Waals surface area contributed by atoms with Gasteiger partial charge in [-0.3, -0.25) is 4.79 Å². The maximum atomic E-state index is 10.3. The summed E-state index contributed by atoms with van der Waals surface area (Å²) in [5.41, 5.74) is 0. The van der Waals surface area contributed by atoms with Crippen molar-refractivity contribution in [2.24, 2.45) is 0 Å². The van der Waals surface area contributed by atoms with Gasteiger partial charge in [0.15, 0.2) is 0 Å². The summed E-state index contributed by atoms with van der Waals surface area (Å²) in [6.45, 7) is 7.83. The van der Waals surface area contributed by atoms with Gasteiger partial charge < -0.3 is 15.2 Å². The van der Waals surface area contributed by atoms with Gasteiger partial charge in [0.2, 0.25) is 0 Å². The zero-order chi connectivity index (χ0) is 12.4. The Morgan fingerprint density at radius 3 is 2.56 bits per heavy atom. The quantitative estimate of drug-likeness (QED) is 0.565. The van der Waals surface area contributed by atoms with Gasteiger partial charge in [-0.1, -0.05) is 0 Å². The van der Waals surface area contributed by atoms with Crippen molar-refractivity contribution in [1.82, 2.24) is 5.32 Å². The first-order valence-corrected chi connectivity index (χ1v) is 6.09. The molecule has 1 unspecified atom stereocenters. The third-order valence-electron chi connectivity index (χ3n) is 2.31. The van der Waals surface area contributed by atoms with Crippen molar-refractivity contribution in [2.75, 3.05) is 13.2 Å². The minimum atomic E-state index is -0.723. The van der Waals surface area contributed by atoms with Crippen molar-refractivity contribution >= 4 is 5.97 Å². The topological polar surface area (TPSA) is 58.6 Å². The Kier molecular flexibility index (Phi) is 9.24. The molecule has 96 valence electrons. The number of hydrogen-bond acceptors (Lipinski definition) is 3. The first-order chi connectivity index (χ1) is 7.52. The molecule has 0 heterocycles. The van der Waals surface area contributed by atoms with Crippen LogP contribution < -0.4 is 5.32 Å². The zero-order valence-electron chi connectivity index (χ0n) is 10.7. The van der Waals surface area contributed by atoms with Crippen LogP contribution in [0.1, 0.15) is 46.5 Å². The summed E-state index contributed by atoms with van der Waals surface area (Å²) in [7, 11) is 0. The largest absolute Gasteiger partial charge is 0.481 e. The second-order valence-corrected chi connectivity index (χ2v) is 4.41. The van der Waals surface area contributed by atoms with Gasteiger partial charge in [-0.05, 0) is 46.6 Å². The van der Waals surface area contributed by atoms with Crippen LogP contribution in [0.5, 0.6) is 0 Å². The Bertz CT molecular complexity index is 183. The third-order valence-corrected chi connectivity index (χ3v) is 2.31. The van der Waals surface area contributed by atoms with E-state index in [4.69, 9.17) is 9.84 Å². The zero-order valence-corrected chi connectivity index (χ0v) is 10.7. The molecule has 4 heteroatoms. The predicted octanol–water partition coefficient (Wildman–Crippen LogP) is 2.03. The third kappa shape index (κ3) is 11.5. The Morgan fingerprint density at radius 2 is 2.00 bits per heavy atom. The Morgan fingerprint density at radius 1 is 1.31 bits per heavy atom. The van der Waals surface area contributed by atoms with E-state index >= 15 is 0 Å². The molecular weight excluding hydrogens is 206 g/mol. The second-order valence-electron chi connectivity index (χ2n) is 4.41. The van der Waals surface area contributed by atoms with Crippen LogP contribution in [0.25, 0.3) is 0 Å². The molecule has 0 aromatic rings. The minimum Gasteiger partial charge on any atom is -0.481 e. The average Bonchev–Trinajstić information content (AvgIpc) is 2.19. The second kappa shape index (κ2) is 9.60. The Hall–Kier alpha value is -0.610. The molecule has 0 bridgehead atoms. The molecule has 0 aromatic carbocycles. The van der Waals surface area contributed by atoms with Gasteiger partial charge in [0.05, 0.1) is 6.10 Å². The highest BCUT2D eigenvalue weighted by Crippen LogP contribution is 1.98. The van der Waals surface area contributed by atoms with E-state index in [2.05, 4.69) is 5.32 Å². The van der Waals surface area contributed by atoms with Crippen molar-refractivity contribution in [3.8, 4) is 0 Å². The lowest BCUT2D eigenvalue weighted by Gasteiger charge is -2.12. The van der Waals surface area contributed by atoms with Crippen LogP contribution >= 0.6 is 0 Å². The van der Waals surface area contributed by atoms with Crippen LogP contribution in [0.15, 0.2) is 0 Å². The van der Waals surface area contributed by atoms with Crippen molar-refractivity contribution < 1.29 is 14.6 Å². The van der Waals surface area contributed by atoms with E-state index in [0.717, 1.165) is 26.0 Å². The van der Waals surface area contributed by atoms with E-state index in [9.17, 15) is 4.79 Å². The predicted molar refractivity (Wildman–Crippen MR) is 64.7 cm³/mol. The first kappa shape index (κ1) is 15.4. The first-order valence-electron chi connectivity index (χ1n) is 6.09. The van der Waals surface area contributed by atoms with Gasteiger partial charge >= 0.3 is 5.97 Å². The van der Waals surface area contributed by atoms with Crippen molar-refractivity contribution in [3.63, 3.8) is 0 Å². The molecule has 0 fully saturated rings. The standard InChI is InChI=1S/C12H25NO3/c1-10(2)16-9-5-4-8-13-11(3)6-7-12(14)15/h10-11,13H,4-9H2,1-3H3,(H,14,15). The smallest absolute Gasteiger partial charge is 0.303 e. The molecule has 4 nitrogen and oxygen atoms in total. The van der Waals surface area contributed by atoms with Crippen LogP contribution in [0, 0.1) is 0 Å². The molecule has 0 aliphatic rings. The van der Waals surface area contributed by atoms with E-state index in [-0.39, 0.29) is 12.5 Å². The van der Waals surface area contributed by atoms with Gasteiger partial charge in [0, 0.05) is 19.1 Å². The van der Waals surface area contributed by atoms with E-state index in [1.165, 1.54) is 0 Å². The van der Waals surface area contributed by atoms with Gasteiger partial charge in [-0.2, -0.15) is 0 Å². The summed E-state index contributed by atoms with van der Waals surface area (Å²) in [5, 5.41) is 11.8. The Balaban J connectivity index is 3.21. The summed E-state index contributed by atoms with van der Waals surface area (Å²) in [6.07, 6.45) is 3.37. The summed E-state index contributed by atoms with van der Waals surface area (Å²) in [5.74, 6) is -0.723. The molecule has 0 saturated heterocycles. The number of unbranched alkanes of at least 4 members (excludes halogenated alkanes) is 1. The fourth-order valence-corrected chi connectivity index (χ4v) is 1.34. The van der Waals surface area contributed by atoms with Gasteiger partial charge in [-0.15, -0.1) is 0 Å². The number of ether oxygens (including phenoxy) is 1. The number of hydrogen-bond donors (Lipinski definition) is 2. The number of carbonyl (C=O) groups is 1. The lowest BCUT2D eigenvalue weighted by Crippen LogP contribution is -2.27. The molecular formula is C12H25NO3. The molecule has 0 spiro atoms. The fourth-order valence-electron chi connectivity index (χ4n) is 1.34. The normalized spacial score (nSPS) is 13.0. The molecule has 0 aliphatic heterocycles. The number of nitrogens with one attached hydrogen (secondary N) is 1. The van der Waals surface area contributed by atoms with Crippen LogP contribution in [-0.2, 0) is 9.53 Å². The van der Waals surface area contributed by atoms with E-state index < -0.39 is 5.97 Å². The summed E-state index contributed by atoms with van der Waals surface area (Å²) in [4.78, 5) is 10.3. The summed E-state index contributed by atoms with van der Waals surface area (Å²) < 4.78 is 5.42. The number of aliphatic carboxylic acids is 1. The molecule has 0 aliphatic carbocycles. The van der Waals surface area contributed by atoms with Crippen LogP contribution in [0.2, 0.25) is 0 Å². The molecule has 0 radical (unpaired) electrons.